The van der Waals surface area contributed by atoms with E-state index >= 15 is 0 Å². The van der Waals surface area contributed by atoms with Crippen molar-refractivity contribution < 1.29 is 0 Å². The maximum Gasteiger partial charge on any atom is -0.00261 e. The zero-order valence-corrected chi connectivity index (χ0v) is 27.5. The number of rotatable bonds is 4. The lowest BCUT2D eigenvalue weighted by Gasteiger charge is -2.19. The van der Waals surface area contributed by atoms with E-state index < -0.39 is 0 Å². The van der Waals surface area contributed by atoms with E-state index in [1.165, 1.54) is 98.4 Å². The van der Waals surface area contributed by atoms with Crippen LogP contribution in [0, 0.1) is 0 Å². The summed E-state index contributed by atoms with van der Waals surface area (Å²) < 4.78 is 0. The minimum absolute atomic E-state index is 1.24. The molecule has 0 N–H and O–H groups in total. The number of hydrogen-bond donors (Lipinski definition) is 0. The van der Waals surface area contributed by atoms with Crippen LogP contribution in [0.15, 0.2) is 194 Å². The summed E-state index contributed by atoms with van der Waals surface area (Å²) in [5.74, 6) is 0. The van der Waals surface area contributed by atoms with Crippen LogP contribution in [0.5, 0.6) is 0 Å². The fraction of sp³-hybridized carbons (Fsp3) is 0. The van der Waals surface area contributed by atoms with E-state index in [1.807, 2.05) is 0 Å². The summed E-state index contributed by atoms with van der Waals surface area (Å²) in [4.78, 5) is 0. The van der Waals surface area contributed by atoms with Crippen LogP contribution in [0.3, 0.4) is 0 Å². The molecule has 0 unspecified atom stereocenters. The molecular weight excluding hydrogens is 601 g/mol. The van der Waals surface area contributed by atoms with Crippen molar-refractivity contribution >= 4 is 53.9 Å². The van der Waals surface area contributed by atoms with Gasteiger partial charge in [-0.2, -0.15) is 0 Å². The summed E-state index contributed by atoms with van der Waals surface area (Å²) in [5.41, 5.74) is 10.0. The SMILES string of the molecule is c1ccc(-c2ccc3ccc(-c4c5ccccc5c(-c5ccc6cc(-c7ccccc7)c7ccccc7c6c5)c5ccccc45)cc3c2)cc1. The van der Waals surface area contributed by atoms with Gasteiger partial charge in [-0.05, 0) is 123 Å². The molecule has 0 radical (unpaired) electrons. The van der Waals surface area contributed by atoms with E-state index in [0.29, 0.717) is 0 Å². The highest BCUT2D eigenvalue weighted by Gasteiger charge is 2.18. The normalized spacial score (nSPS) is 11.6. The van der Waals surface area contributed by atoms with Gasteiger partial charge in [0.15, 0.2) is 0 Å². The number of hydrogen-bond acceptors (Lipinski definition) is 0. The fourth-order valence-electron chi connectivity index (χ4n) is 8.08. The number of benzene rings is 10. The summed E-state index contributed by atoms with van der Waals surface area (Å²) in [6, 6.07) is 71.3. The van der Waals surface area contributed by atoms with Crippen molar-refractivity contribution in [1.29, 1.82) is 0 Å². The molecule has 0 heterocycles. The molecule has 0 spiro atoms. The van der Waals surface area contributed by atoms with Crippen LogP contribution in [0.25, 0.3) is 98.4 Å². The standard InChI is InChI=1S/C50H32/c1-3-13-33(14-4-1)36-25-23-34-24-27-38(30-40(34)29-36)49-43-19-9-11-21-45(43)50(46-22-12-10-20-44(46)49)39-28-26-37-31-47(35-15-5-2-6-16-35)41-17-7-8-18-42(41)48(37)32-39/h1-32H. The quantitative estimate of drug-likeness (QED) is 0.134. The van der Waals surface area contributed by atoms with Crippen LogP contribution in [0.2, 0.25) is 0 Å². The molecule has 0 amide bonds. The lowest BCUT2D eigenvalue weighted by molar-refractivity contribution is 1.64. The Kier molecular flexibility index (Phi) is 6.60. The van der Waals surface area contributed by atoms with Gasteiger partial charge in [0.05, 0.1) is 0 Å². The Morgan fingerprint density at radius 1 is 0.200 bits per heavy atom. The summed E-state index contributed by atoms with van der Waals surface area (Å²) in [6.45, 7) is 0. The lowest BCUT2D eigenvalue weighted by atomic mass is 9.84. The second-order valence-corrected chi connectivity index (χ2v) is 13.3. The van der Waals surface area contributed by atoms with Crippen LogP contribution in [0.4, 0.5) is 0 Å². The van der Waals surface area contributed by atoms with Gasteiger partial charge in [-0.1, -0.05) is 170 Å². The van der Waals surface area contributed by atoms with Gasteiger partial charge in [0.1, 0.15) is 0 Å². The van der Waals surface area contributed by atoms with E-state index in [4.69, 9.17) is 0 Å². The Morgan fingerprint density at radius 3 is 1.24 bits per heavy atom. The van der Waals surface area contributed by atoms with Gasteiger partial charge in [0, 0.05) is 0 Å². The van der Waals surface area contributed by atoms with E-state index in [1.54, 1.807) is 0 Å². The molecule has 10 aromatic rings. The van der Waals surface area contributed by atoms with Gasteiger partial charge in [0.2, 0.25) is 0 Å². The third-order valence-electron chi connectivity index (χ3n) is 10.4. The molecule has 0 aliphatic heterocycles. The van der Waals surface area contributed by atoms with Crippen molar-refractivity contribution in [2.45, 2.75) is 0 Å². The molecular formula is C50H32. The van der Waals surface area contributed by atoms with Crippen LogP contribution in [0.1, 0.15) is 0 Å². The molecule has 0 saturated carbocycles. The summed E-state index contributed by atoms with van der Waals surface area (Å²) in [6.07, 6.45) is 0. The van der Waals surface area contributed by atoms with Crippen LogP contribution in [-0.4, -0.2) is 0 Å². The molecule has 10 rings (SSSR count). The molecule has 0 aliphatic rings. The Morgan fingerprint density at radius 2 is 0.640 bits per heavy atom. The molecule has 10 aromatic carbocycles. The first-order chi connectivity index (χ1) is 24.8. The molecule has 50 heavy (non-hydrogen) atoms. The van der Waals surface area contributed by atoms with Gasteiger partial charge in [-0.15, -0.1) is 0 Å². The molecule has 0 atom stereocenters. The predicted octanol–water partition coefficient (Wildman–Crippen LogP) is 14.1. The summed E-state index contributed by atoms with van der Waals surface area (Å²) >= 11 is 0. The van der Waals surface area contributed by atoms with Crippen molar-refractivity contribution in [2.24, 2.45) is 0 Å². The topological polar surface area (TPSA) is 0 Å². The fourth-order valence-corrected chi connectivity index (χ4v) is 8.08. The first-order valence-electron chi connectivity index (χ1n) is 17.3. The summed E-state index contributed by atoms with van der Waals surface area (Å²) in [7, 11) is 0. The van der Waals surface area contributed by atoms with Crippen LogP contribution < -0.4 is 0 Å². The zero-order valence-electron chi connectivity index (χ0n) is 27.5. The van der Waals surface area contributed by atoms with Gasteiger partial charge < -0.3 is 0 Å². The third-order valence-corrected chi connectivity index (χ3v) is 10.4. The van der Waals surface area contributed by atoms with Crippen molar-refractivity contribution in [2.75, 3.05) is 0 Å². The highest BCUT2D eigenvalue weighted by atomic mass is 14.2. The average Bonchev–Trinajstić information content (AvgIpc) is 3.19. The third kappa shape index (κ3) is 4.61. The smallest absolute Gasteiger partial charge is 0.00261 e. The molecule has 0 aliphatic carbocycles. The van der Waals surface area contributed by atoms with Crippen molar-refractivity contribution in [1.82, 2.24) is 0 Å². The molecule has 232 valence electrons. The first-order valence-corrected chi connectivity index (χ1v) is 17.3. The molecule has 0 saturated heterocycles. The predicted molar refractivity (Wildman–Crippen MR) is 216 cm³/mol. The Balaban J connectivity index is 1.21. The number of fused-ring (bicyclic) bond motifs is 6. The van der Waals surface area contributed by atoms with E-state index in [-0.39, 0.29) is 0 Å². The van der Waals surface area contributed by atoms with Gasteiger partial charge in [-0.25, -0.2) is 0 Å². The van der Waals surface area contributed by atoms with Crippen LogP contribution >= 0.6 is 0 Å². The minimum Gasteiger partial charge on any atom is -0.0622 e. The Hall–Kier alpha value is -6.50. The van der Waals surface area contributed by atoms with E-state index in [9.17, 15) is 0 Å². The van der Waals surface area contributed by atoms with Gasteiger partial charge in [0.25, 0.3) is 0 Å². The molecule has 0 aromatic heterocycles. The second-order valence-electron chi connectivity index (χ2n) is 13.3. The second kappa shape index (κ2) is 11.6. The zero-order chi connectivity index (χ0) is 33.0. The maximum atomic E-state index is 2.42. The average molecular weight is 633 g/mol. The van der Waals surface area contributed by atoms with E-state index in [0.717, 1.165) is 0 Å². The maximum absolute atomic E-state index is 2.42. The highest BCUT2D eigenvalue weighted by molar-refractivity contribution is 6.23. The van der Waals surface area contributed by atoms with Crippen molar-refractivity contribution in [3.05, 3.63) is 194 Å². The monoisotopic (exact) mass is 632 g/mol. The summed E-state index contributed by atoms with van der Waals surface area (Å²) in [5, 5.41) is 12.7. The molecule has 0 bridgehead atoms. The Labute approximate surface area is 291 Å². The van der Waals surface area contributed by atoms with Gasteiger partial charge >= 0.3 is 0 Å². The Bertz CT molecular complexity index is 2840. The molecule has 0 fully saturated rings. The first kappa shape index (κ1) is 28.5. The van der Waals surface area contributed by atoms with Crippen molar-refractivity contribution in [3.63, 3.8) is 0 Å². The lowest BCUT2D eigenvalue weighted by Crippen LogP contribution is -1.91. The molecule has 0 nitrogen and oxygen atoms in total. The minimum atomic E-state index is 1.24. The molecule has 0 heteroatoms. The van der Waals surface area contributed by atoms with Gasteiger partial charge in [-0.3, -0.25) is 0 Å². The van der Waals surface area contributed by atoms with Crippen molar-refractivity contribution in [3.8, 4) is 44.5 Å². The largest absolute Gasteiger partial charge is 0.0622 e. The van der Waals surface area contributed by atoms with Crippen LogP contribution in [-0.2, 0) is 0 Å². The highest BCUT2D eigenvalue weighted by Crippen LogP contribution is 2.45. The van der Waals surface area contributed by atoms with E-state index in [2.05, 4.69) is 194 Å².